The molecule has 0 unspecified atom stereocenters. The Morgan fingerprint density at radius 3 is 2.52 bits per heavy atom. The van der Waals surface area contributed by atoms with E-state index in [4.69, 9.17) is 0 Å². The van der Waals surface area contributed by atoms with Gasteiger partial charge in [-0.25, -0.2) is 0 Å². The van der Waals surface area contributed by atoms with Crippen molar-refractivity contribution < 1.29 is 9.90 Å². The number of aromatic hydroxyl groups is 1. The first-order valence-corrected chi connectivity index (χ1v) is 9.47. The molecule has 1 fully saturated rings. The number of phenolic OH excluding ortho intramolecular Hbond substituents is 1. The molecule has 0 atom stereocenters. The van der Waals surface area contributed by atoms with Gasteiger partial charge in [0.1, 0.15) is 5.75 Å². The third-order valence-electron chi connectivity index (χ3n) is 5.16. The van der Waals surface area contributed by atoms with E-state index in [2.05, 4.69) is 27.5 Å². The van der Waals surface area contributed by atoms with Crippen molar-refractivity contribution in [1.82, 2.24) is 20.0 Å². The largest absolute Gasteiger partial charge is 0.507 e. The number of aromatic amines is 1. The van der Waals surface area contributed by atoms with Gasteiger partial charge in [-0.05, 0) is 36.5 Å². The lowest BCUT2D eigenvalue weighted by Gasteiger charge is -2.31. The zero-order chi connectivity index (χ0) is 20.2. The maximum Gasteiger partial charge on any atom is 0.320 e. The topological polar surface area (TPSA) is 104 Å². The Balaban J connectivity index is 1.44. The van der Waals surface area contributed by atoms with E-state index in [1.165, 1.54) is 17.8 Å². The molecule has 8 nitrogen and oxygen atoms in total. The molecule has 148 valence electrons. The molecule has 0 saturated carbocycles. The molecule has 0 bridgehead atoms. The molecule has 3 aromatic rings. The van der Waals surface area contributed by atoms with Gasteiger partial charge in [-0.2, -0.15) is 10.3 Å². The number of rotatable bonds is 4. The fourth-order valence-electron chi connectivity index (χ4n) is 3.52. The van der Waals surface area contributed by atoms with Crippen molar-refractivity contribution in [2.45, 2.75) is 18.8 Å². The monoisotopic (exact) mass is 391 g/mol. The molecular weight excluding hydrogens is 370 g/mol. The number of hydrogen-bond donors (Lipinski definition) is 2. The lowest BCUT2D eigenvalue weighted by atomic mass is 9.89. The Morgan fingerprint density at radius 2 is 1.79 bits per heavy atom. The highest BCUT2D eigenvalue weighted by molar-refractivity contribution is 5.92. The Kier molecular flexibility index (Phi) is 5.24. The van der Waals surface area contributed by atoms with E-state index in [1.54, 1.807) is 23.1 Å². The number of amides is 1. The van der Waals surface area contributed by atoms with Crippen LogP contribution in [-0.2, 0) is 0 Å². The average Bonchev–Trinajstić information content (AvgIpc) is 3.14. The molecule has 1 aliphatic heterocycles. The van der Waals surface area contributed by atoms with Gasteiger partial charge in [-0.15, -0.1) is 9.89 Å². The first kappa shape index (κ1) is 18.7. The molecule has 1 aromatic heterocycles. The van der Waals surface area contributed by atoms with Crippen molar-refractivity contribution in [1.29, 1.82) is 0 Å². The van der Waals surface area contributed by atoms with Crippen LogP contribution >= 0.6 is 0 Å². The molecule has 29 heavy (non-hydrogen) atoms. The molecule has 1 aliphatic rings. The number of piperidine rings is 1. The normalized spacial score (nSPS) is 15.1. The van der Waals surface area contributed by atoms with E-state index >= 15 is 0 Å². The summed E-state index contributed by atoms with van der Waals surface area (Å²) in [6.07, 6.45) is 3.02. The van der Waals surface area contributed by atoms with E-state index in [0.29, 0.717) is 24.6 Å². The summed E-state index contributed by atoms with van der Waals surface area (Å²) in [4.78, 5) is 27.8. The summed E-state index contributed by atoms with van der Waals surface area (Å²) in [7, 11) is 0. The van der Waals surface area contributed by atoms with Crippen LogP contribution in [0.15, 0.2) is 64.5 Å². The fourth-order valence-corrected chi connectivity index (χ4v) is 3.52. The minimum absolute atomic E-state index is 0.0430. The van der Waals surface area contributed by atoms with Gasteiger partial charge < -0.3 is 10.0 Å². The predicted octanol–water partition coefficient (Wildman–Crippen LogP) is 2.18. The zero-order valence-corrected chi connectivity index (χ0v) is 15.7. The summed E-state index contributed by atoms with van der Waals surface area (Å²) in [5.41, 5.74) is 0.925. The summed E-state index contributed by atoms with van der Waals surface area (Å²) in [6.45, 7) is 1.15. The molecule has 0 radical (unpaired) electrons. The fraction of sp³-hybridized carbons (Fsp3) is 0.238. The summed E-state index contributed by atoms with van der Waals surface area (Å²) in [5, 5.41) is 20.0. The SMILES string of the molecule is O=C(c1n[nH]n(/N=C/c2ccccc2O)c1=O)N1CCC(c2ccccc2)CC1. The number of nitrogens with zero attached hydrogens (tertiary/aromatic N) is 4. The number of aromatic nitrogens is 3. The molecular formula is C21H21N5O3. The maximum atomic E-state index is 12.7. The number of benzene rings is 2. The molecule has 2 N–H and O–H groups in total. The van der Waals surface area contributed by atoms with Gasteiger partial charge in [-0.1, -0.05) is 42.5 Å². The summed E-state index contributed by atoms with van der Waals surface area (Å²) >= 11 is 0. The van der Waals surface area contributed by atoms with Crippen molar-refractivity contribution in [3.8, 4) is 5.75 Å². The highest BCUT2D eigenvalue weighted by Gasteiger charge is 2.28. The van der Waals surface area contributed by atoms with Crippen molar-refractivity contribution in [2.24, 2.45) is 5.10 Å². The van der Waals surface area contributed by atoms with Crippen molar-refractivity contribution in [3.05, 3.63) is 81.8 Å². The number of nitrogens with one attached hydrogen (secondary N) is 1. The van der Waals surface area contributed by atoms with Gasteiger partial charge in [0.2, 0.25) is 5.69 Å². The van der Waals surface area contributed by atoms with E-state index in [0.717, 1.165) is 17.6 Å². The molecule has 1 saturated heterocycles. The number of carbonyl (C=O) groups is 1. The molecule has 0 spiro atoms. The van der Waals surface area contributed by atoms with Crippen LogP contribution in [0, 0.1) is 0 Å². The van der Waals surface area contributed by atoms with Crippen molar-refractivity contribution in [2.75, 3.05) is 13.1 Å². The number of likely N-dealkylation sites (tertiary alicyclic amines) is 1. The van der Waals surface area contributed by atoms with Crippen LogP contribution in [0.2, 0.25) is 0 Å². The Hall–Kier alpha value is -3.68. The lowest BCUT2D eigenvalue weighted by Crippen LogP contribution is -2.40. The third kappa shape index (κ3) is 3.96. The predicted molar refractivity (Wildman–Crippen MR) is 108 cm³/mol. The van der Waals surface area contributed by atoms with E-state index < -0.39 is 11.5 Å². The van der Waals surface area contributed by atoms with Crippen LogP contribution in [0.5, 0.6) is 5.75 Å². The van der Waals surface area contributed by atoms with Crippen LogP contribution in [0.1, 0.15) is 40.4 Å². The standard InChI is InChI=1S/C21H21N5O3/c27-18-9-5-4-8-17(18)14-22-26-21(29)19(23-24-26)20(28)25-12-10-16(11-13-25)15-6-2-1-3-7-15/h1-9,14,16,24,27H,10-13H2/b22-14+. The van der Waals surface area contributed by atoms with Gasteiger partial charge in [0.15, 0.2) is 0 Å². The first-order chi connectivity index (χ1) is 14.1. The van der Waals surface area contributed by atoms with Crippen molar-refractivity contribution in [3.63, 3.8) is 0 Å². The average molecular weight is 391 g/mol. The van der Waals surface area contributed by atoms with Gasteiger partial charge in [0, 0.05) is 18.7 Å². The minimum atomic E-state index is -0.619. The smallest absolute Gasteiger partial charge is 0.320 e. The van der Waals surface area contributed by atoms with E-state index in [9.17, 15) is 14.7 Å². The van der Waals surface area contributed by atoms with Crippen molar-refractivity contribution >= 4 is 12.1 Å². The highest BCUT2D eigenvalue weighted by atomic mass is 16.3. The zero-order valence-electron chi connectivity index (χ0n) is 15.7. The number of H-pyrrole nitrogens is 1. The Labute approximate surface area is 167 Å². The van der Waals surface area contributed by atoms with Gasteiger partial charge in [0.25, 0.3) is 5.91 Å². The first-order valence-electron chi connectivity index (χ1n) is 9.47. The molecule has 8 heteroatoms. The molecule has 2 heterocycles. The second kappa shape index (κ2) is 8.14. The number of hydrogen-bond acceptors (Lipinski definition) is 5. The lowest BCUT2D eigenvalue weighted by molar-refractivity contribution is 0.0705. The third-order valence-corrected chi connectivity index (χ3v) is 5.16. The van der Waals surface area contributed by atoms with Crippen LogP contribution in [0.4, 0.5) is 0 Å². The van der Waals surface area contributed by atoms with Gasteiger partial charge in [-0.3, -0.25) is 9.59 Å². The van der Waals surface area contributed by atoms with Gasteiger partial charge in [0.05, 0.1) is 6.21 Å². The Morgan fingerprint density at radius 1 is 1.10 bits per heavy atom. The summed E-state index contributed by atoms with van der Waals surface area (Å²) < 4.78 is 0. The summed E-state index contributed by atoms with van der Waals surface area (Å²) in [6, 6.07) is 16.9. The van der Waals surface area contributed by atoms with Crippen LogP contribution in [-0.4, -0.2) is 50.3 Å². The quantitative estimate of drug-likeness (QED) is 0.665. The number of para-hydroxylation sites is 1. The number of carbonyl (C=O) groups excluding carboxylic acids is 1. The van der Waals surface area contributed by atoms with Crippen LogP contribution in [0.25, 0.3) is 0 Å². The maximum absolute atomic E-state index is 12.7. The van der Waals surface area contributed by atoms with E-state index in [-0.39, 0.29) is 11.4 Å². The molecule has 0 aliphatic carbocycles. The van der Waals surface area contributed by atoms with E-state index in [1.807, 2.05) is 18.2 Å². The highest BCUT2D eigenvalue weighted by Crippen LogP contribution is 2.28. The molecule has 1 amide bonds. The second-order valence-electron chi connectivity index (χ2n) is 6.96. The summed E-state index contributed by atoms with van der Waals surface area (Å²) in [5.74, 6) is 0.0647. The second-order valence-corrected chi connectivity index (χ2v) is 6.96. The molecule has 4 rings (SSSR count). The van der Waals surface area contributed by atoms with Gasteiger partial charge >= 0.3 is 5.56 Å². The number of phenols is 1. The Bertz CT molecular complexity index is 1080. The van der Waals surface area contributed by atoms with Crippen LogP contribution < -0.4 is 5.56 Å². The minimum Gasteiger partial charge on any atom is -0.507 e. The van der Waals surface area contributed by atoms with Crippen LogP contribution in [0.3, 0.4) is 0 Å². The molecule has 2 aromatic carbocycles.